The summed E-state index contributed by atoms with van der Waals surface area (Å²) in [5, 5.41) is 8.73. The number of nitrogens with one attached hydrogen (secondary N) is 1. The van der Waals surface area contributed by atoms with Crippen LogP contribution in [-0.2, 0) is 11.8 Å². The van der Waals surface area contributed by atoms with Crippen LogP contribution in [-0.4, -0.2) is 56.6 Å². The molecular weight excluding hydrogens is 378 g/mol. The van der Waals surface area contributed by atoms with E-state index in [0.29, 0.717) is 31.7 Å². The Hall–Kier alpha value is -2.94. The molecular formula is C20H22F2N6O. The summed E-state index contributed by atoms with van der Waals surface area (Å²) < 4.78 is 27.2. The minimum atomic E-state index is -2.28. The number of aryl methyl sites for hydroxylation is 1. The van der Waals surface area contributed by atoms with Gasteiger partial charge in [-0.05, 0) is 43.5 Å². The van der Waals surface area contributed by atoms with Crippen molar-refractivity contribution in [1.29, 1.82) is 0 Å². The monoisotopic (exact) mass is 400 g/mol. The molecule has 3 aromatic rings. The van der Waals surface area contributed by atoms with Crippen LogP contribution in [0.5, 0.6) is 0 Å². The Morgan fingerprint density at radius 3 is 2.62 bits per heavy atom. The molecule has 1 fully saturated rings. The Labute approximate surface area is 166 Å². The lowest BCUT2D eigenvalue weighted by Gasteiger charge is -2.30. The second kappa shape index (κ2) is 8.20. The molecule has 1 amide bonds. The Balaban J connectivity index is 1.42. The molecule has 0 aromatic carbocycles. The maximum absolute atomic E-state index is 12.7. The van der Waals surface area contributed by atoms with Crippen LogP contribution >= 0.6 is 0 Å². The third-order valence-electron chi connectivity index (χ3n) is 5.23. The summed E-state index contributed by atoms with van der Waals surface area (Å²) >= 11 is 0. The van der Waals surface area contributed by atoms with Gasteiger partial charge in [0.05, 0.1) is 18.4 Å². The van der Waals surface area contributed by atoms with Gasteiger partial charge in [0.2, 0.25) is 12.3 Å². The molecule has 0 bridgehead atoms. The van der Waals surface area contributed by atoms with Crippen LogP contribution in [0.25, 0.3) is 22.0 Å². The summed E-state index contributed by atoms with van der Waals surface area (Å²) in [6.07, 6.45) is 5.60. The average Bonchev–Trinajstić information content (AvgIpc) is 3.14. The van der Waals surface area contributed by atoms with E-state index in [9.17, 15) is 13.6 Å². The molecule has 0 aliphatic carbocycles. The molecule has 0 radical (unpaired) electrons. The summed E-state index contributed by atoms with van der Waals surface area (Å²) in [6.45, 7) is 1.19. The van der Waals surface area contributed by atoms with Crippen molar-refractivity contribution in [3.8, 4) is 11.3 Å². The average molecular weight is 400 g/mol. The van der Waals surface area contributed by atoms with Gasteiger partial charge in [-0.3, -0.25) is 19.4 Å². The predicted molar refractivity (Wildman–Crippen MR) is 106 cm³/mol. The Kier molecular flexibility index (Phi) is 5.48. The van der Waals surface area contributed by atoms with Crippen LogP contribution in [0.4, 0.5) is 14.6 Å². The van der Waals surface area contributed by atoms with E-state index in [1.807, 2.05) is 24.2 Å². The van der Waals surface area contributed by atoms with Gasteiger partial charge in [-0.2, -0.15) is 5.10 Å². The fraction of sp³-hybridized carbons (Fsp3) is 0.400. The van der Waals surface area contributed by atoms with Gasteiger partial charge in [-0.25, -0.2) is 13.8 Å². The summed E-state index contributed by atoms with van der Waals surface area (Å²) in [6, 6.07) is 3.73. The van der Waals surface area contributed by atoms with E-state index in [1.54, 1.807) is 29.3 Å². The molecule has 4 rings (SSSR count). The van der Waals surface area contributed by atoms with Crippen molar-refractivity contribution in [1.82, 2.24) is 24.6 Å². The van der Waals surface area contributed by atoms with E-state index < -0.39 is 12.3 Å². The molecule has 9 heteroatoms. The molecule has 0 saturated carbocycles. The van der Waals surface area contributed by atoms with Crippen molar-refractivity contribution in [3.63, 3.8) is 0 Å². The number of rotatable bonds is 5. The highest BCUT2D eigenvalue weighted by Crippen LogP contribution is 2.24. The fourth-order valence-corrected chi connectivity index (χ4v) is 3.57. The zero-order valence-electron chi connectivity index (χ0n) is 16.1. The first-order chi connectivity index (χ1) is 14.0. The number of anilines is 1. The van der Waals surface area contributed by atoms with E-state index >= 15 is 0 Å². The van der Waals surface area contributed by atoms with Gasteiger partial charge in [0, 0.05) is 42.5 Å². The van der Waals surface area contributed by atoms with E-state index in [1.165, 1.54) is 0 Å². The third-order valence-corrected chi connectivity index (χ3v) is 5.23. The number of hydrogen-bond acceptors (Lipinski definition) is 5. The summed E-state index contributed by atoms with van der Waals surface area (Å²) in [7, 11) is 1.85. The number of piperidine rings is 1. The number of alkyl halides is 2. The zero-order chi connectivity index (χ0) is 20.4. The topological polar surface area (TPSA) is 75.9 Å². The van der Waals surface area contributed by atoms with Gasteiger partial charge >= 0.3 is 0 Å². The lowest BCUT2D eigenvalue weighted by Crippen LogP contribution is -2.40. The highest BCUT2D eigenvalue weighted by Gasteiger charge is 2.26. The van der Waals surface area contributed by atoms with Crippen molar-refractivity contribution < 1.29 is 13.6 Å². The maximum atomic E-state index is 12.7. The van der Waals surface area contributed by atoms with Crippen LogP contribution < -0.4 is 5.32 Å². The molecule has 1 saturated heterocycles. The van der Waals surface area contributed by atoms with E-state index in [2.05, 4.69) is 20.4 Å². The van der Waals surface area contributed by atoms with E-state index in [-0.39, 0.29) is 12.5 Å². The van der Waals surface area contributed by atoms with Gasteiger partial charge in [0.1, 0.15) is 5.82 Å². The number of amides is 1. The molecule has 7 nitrogen and oxygen atoms in total. The quantitative estimate of drug-likeness (QED) is 0.713. The SMILES string of the molecule is Cn1cc(-c2cc3cc(NC(=O)CN4CCC(C(F)F)CC4)ncc3cn2)cn1. The number of halogens is 2. The van der Waals surface area contributed by atoms with Gasteiger partial charge < -0.3 is 5.32 Å². The smallest absolute Gasteiger partial charge is 0.241 e. The van der Waals surface area contributed by atoms with Crippen molar-refractivity contribution in [2.24, 2.45) is 13.0 Å². The van der Waals surface area contributed by atoms with Crippen LogP contribution in [0.1, 0.15) is 12.8 Å². The number of nitrogens with zero attached hydrogens (tertiary/aromatic N) is 5. The molecule has 3 aromatic heterocycles. The number of carbonyl (C=O) groups excluding carboxylic acids is 1. The first-order valence-corrected chi connectivity index (χ1v) is 9.53. The van der Waals surface area contributed by atoms with Crippen LogP contribution in [0, 0.1) is 5.92 Å². The second-order valence-corrected chi connectivity index (χ2v) is 7.39. The number of hydrogen-bond donors (Lipinski definition) is 1. The normalized spacial score (nSPS) is 15.9. The number of carbonyl (C=O) groups is 1. The van der Waals surface area contributed by atoms with Gasteiger partial charge in [-0.1, -0.05) is 0 Å². The van der Waals surface area contributed by atoms with Crippen molar-refractivity contribution in [3.05, 3.63) is 36.9 Å². The second-order valence-electron chi connectivity index (χ2n) is 7.39. The van der Waals surface area contributed by atoms with E-state index in [0.717, 1.165) is 22.0 Å². The molecule has 1 N–H and O–H groups in total. The Morgan fingerprint density at radius 1 is 1.17 bits per heavy atom. The Bertz CT molecular complexity index is 1010. The number of pyridine rings is 2. The largest absolute Gasteiger partial charge is 0.310 e. The summed E-state index contributed by atoms with van der Waals surface area (Å²) in [5.74, 6) is -0.304. The lowest BCUT2D eigenvalue weighted by atomic mass is 9.97. The van der Waals surface area contributed by atoms with Gasteiger partial charge in [0.25, 0.3) is 0 Å². The fourth-order valence-electron chi connectivity index (χ4n) is 3.57. The molecule has 4 heterocycles. The molecule has 0 spiro atoms. The number of likely N-dealkylation sites (tertiary alicyclic amines) is 1. The van der Waals surface area contributed by atoms with Crippen molar-refractivity contribution in [2.75, 3.05) is 25.0 Å². The highest BCUT2D eigenvalue weighted by atomic mass is 19.3. The van der Waals surface area contributed by atoms with Crippen LogP contribution in [0.2, 0.25) is 0 Å². The Morgan fingerprint density at radius 2 is 1.93 bits per heavy atom. The van der Waals surface area contributed by atoms with Crippen LogP contribution in [0.3, 0.4) is 0 Å². The van der Waals surface area contributed by atoms with Gasteiger partial charge in [0.15, 0.2) is 0 Å². The van der Waals surface area contributed by atoms with Gasteiger partial charge in [-0.15, -0.1) is 0 Å². The van der Waals surface area contributed by atoms with Crippen molar-refractivity contribution in [2.45, 2.75) is 19.3 Å². The predicted octanol–water partition coefficient (Wildman–Crippen LogP) is 2.95. The standard InChI is InChI=1S/C20H22F2N6O/c1-27-11-16(10-25-27)17-6-14-7-18(24-9-15(14)8-23-17)26-19(29)12-28-4-2-13(3-5-28)20(21)22/h6-11,13,20H,2-5,12H2,1H3,(H,24,26,29). The molecule has 29 heavy (non-hydrogen) atoms. The zero-order valence-corrected chi connectivity index (χ0v) is 16.1. The van der Waals surface area contributed by atoms with E-state index in [4.69, 9.17) is 0 Å². The number of fused-ring (bicyclic) bond motifs is 1. The lowest BCUT2D eigenvalue weighted by molar-refractivity contribution is -0.117. The van der Waals surface area contributed by atoms with Crippen LogP contribution in [0.15, 0.2) is 36.9 Å². The minimum absolute atomic E-state index is 0.174. The summed E-state index contributed by atoms with van der Waals surface area (Å²) in [4.78, 5) is 23.0. The highest BCUT2D eigenvalue weighted by molar-refractivity contribution is 5.94. The third kappa shape index (κ3) is 4.56. The number of aromatic nitrogens is 4. The molecule has 0 atom stereocenters. The minimum Gasteiger partial charge on any atom is -0.310 e. The molecule has 1 aliphatic heterocycles. The molecule has 0 unspecified atom stereocenters. The first kappa shape index (κ1) is 19.4. The van der Waals surface area contributed by atoms with Crippen molar-refractivity contribution >= 4 is 22.5 Å². The summed E-state index contributed by atoms with van der Waals surface area (Å²) in [5.41, 5.74) is 1.69. The maximum Gasteiger partial charge on any atom is 0.241 e. The molecule has 152 valence electrons. The first-order valence-electron chi connectivity index (χ1n) is 9.53. The molecule has 1 aliphatic rings.